The Balaban J connectivity index is 1.87. The van der Waals surface area contributed by atoms with Gasteiger partial charge in [0, 0.05) is 33.8 Å². The molecule has 0 unspecified atom stereocenters. The molecule has 0 heterocycles. The Morgan fingerprint density at radius 2 is 1.92 bits per heavy atom. The van der Waals surface area contributed by atoms with E-state index >= 15 is 0 Å². The van der Waals surface area contributed by atoms with Gasteiger partial charge in [0.2, 0.25) is 0 Å². The van der Waals surface area contributed by atoms with Gasteiger partial charge in [-0.25, -0.2) is 0 Å². The largest absolute Gasteiger partial charge is 0.489 e. The topological polar surface area (TPSA) is 30.5 Å². The van der Waals surface area contributed by atoms with Gasteiger partial charge in [-0.05, 0) is 51.1 Å². The number of ether oxygens (including phenoxy) is 2. The molecule has 0 bridgehead atoms. The Morgan fingerprint density at radius 3 is 2.68 bits per heavy atom. The molecular weight excluding hydrogens is 402 g/mol. The molecule has 0 saturated carbocycles. The summed E-state index contributed by atoms with van der Waals surface area (Å²) in [5.74, 6) is 0.869. The molecule has 0 aromatic heterocycles. The first-order valence-electron chi connectivity index (χ1n) is 8.53. The molecule has 2 aromatic carbocycles. The van der Waals surface area contributed by atoms with E-state index in [0.29, 0.717) is 6.61 Å². The summed E-state index contributed by atoms with van der Waals surface area (Å²) in [5.41, 5.74) is 2.10. The van der Waals surface area contributed by atoms with Crippen LogP contribution in [0.25, 0.3) is 0 Å². The fourth-order valence-corrected chi connectivity index (χ4v) is 2.94. The Morgan fingerprint density at radius 1 is 1.12 bits per heavy atom. The second-order valence-corrected chi connectivity index (χ2v) is 7.40. The molecule has 0 amide bonds. The van der Waals surface area contributed by atoms with Crippen LogP contribution in [0.5, 0.6) is 5.75 Å². The van der Waals surface area contributed by atoms with E-state index < -0.39 is 0 Å². The zero-order valence-electron chi connectivity index (χ0n) is 14.7. The predicted octanol–water partition coefficient (Wildman–Crippen LogP) is 5.59. The van der Waals surface area contributed by atoms with Crippen molar-refractivity contribution < 1.29 is 9.47 Å². The Labute approximate surface area is 163 Å². The lowest BCUT2D eigenvalue weighted by Crippen LogP contribution is -2.18. The first-order valence-corrected chi connectivity index (χ1v) is 9.70. The molecular formula is C20H25BrClNO2. The second-order valence-electron chi connectivity index (χ2n) is 6.08. The fourth-order valence-electron chi connectivity index (χ4n) is 2.34. The van der Waals surface area contributed by atoms with E-state index in [0.717, 1.165) is 52.5 Å². The van der Waals surface area contributed by atoms with Crippen molar-refractivity contribution in [2.75, 3.05) is 13.2 Å². The Bertz CT molecular complexity index is 664. The average molecular weight is 427 g/mol. The summed E-state index contributed by atoms with van der Waals surface area (Å²) in [6.45, 7) is 6.99. The van der Waals surface area contributed by atoms with Crippen LogP contribution in [-0.4, -0.2) is 19.3 Å². The van der Waals surface area contributed by atoms with Gasteiger partial charge in [-0.1, -0.05) is 45.7 Å². The van der Waals surface area contributed by atoms with Crippen LogP contribution in [0.1, 0.15) is 31.4 Å². The van der Waals surface area contributed by atoms with Crippen molar-refractivity contribution in [3.8, 4) is 5.75 Å². The van der Waals surface area contributed by atoms with Crippen LogP contribution in [0.15, 0.2) is 46.9 Å². The van der Waals surface area contributed by atoms with Crippen LogP contribution < -0.4 is 10.1 Å². The Hall–Kier alpha value is -1.07. The first kappa shape index (κ1) is 20.2. The highest BCUT2D eigenvalue weighted by atomic mass is 79.9. The molecule has 0 aliphatic rings. The molecule has 0 fully saturated rings. The molecule has 0 aliphatic heterocycles. The highest BCUT2D eigenvalue weighted by molar-refractivity contribution is 9.10. The lowest BCUT2D eigenvalue weighted by Gasteiger charge is -2.14. The summed E-state index contributed by atoms with van der Waals surface area (Å²) in [6, 6.07) is 13.8. The molecule has 2 rings (SSSR count). The molecule has 1 N–H and O–H groups in total. The normalized spacial score (nSPS) is 11.1. The first-order chi connectivity index (χ1) is 12.1. The molecule has 3 nitrogen and oxygen atoms in total. The van der Waals surface area contributed by atoms with E-state index in [1.54, 1.807) is 0 Å². The van der Waals surface area contributed by atoms with Gasteiger partial charge in [0.25, 0.3) is 0 Å². The quantitative estimate of drug-likeness (QED) is 0.503. The monoisotopic (exact) mass is 425 g/mol. The van der Waals surface area contributed by atoms with Crippen molar-refractivity contribution in [3.63, 3.8) is 0 Å². The van der Waals surface area contributed by atoms with E-state index in [1.807, 2.05) is 36.4 Å². The van der Waals surface area contributed by atoms with Crippen LogP contribution in [0.3, 0.4) is 0 Å². The maximum Gasteiger partial charge on any atom is 0.124 e. The van der Waals surface area contributed by atoms with Crippen molar-refractivity contribution in [1.82, 2.24) is 5.32 Å². The molecule has 0 aliphatic carbocycles. The number of hydrogen-bond donors (Lipinski definition) is 1. The lowest BCUT2D eigenvalue weighted by molar-refractivity contribution is 0.0770. The van der Waals surface area contributed by atoms with Crippen molar-refractivity contribution in [2.24, 2.45) is 0 Å². The zero-order valence-corrected chi connectivity index (χ0v) is 17.1. The van der Waals surface area contributed by atoms with Gasteiger partial charge in [0.1, 0.15) is 12.4 Å². The summed E-state index contributed by atoms with van der Waals surface area (Å²) < 4.78 is 12.6. The van der Waals surface area contributed by atoms with Gasteiger partial charge < -0.3 is 14.8 Å². The number of benzene rings is 2. The molecule has 136 valence electrons. The third-order valence-electron chi connectivity index (χ3n) is 3.63. The SMILES string of the molecule is CC(C)OCCCNCc1cc(Br)ccc1OCc1ccccc1Cl. The van der Waals surface area contributed by atoms with Gasteiger partial charge in [0.05, 0.1) is 6.10 Å². The average Bonchev–Trinajstić information content (AvgIpc) is 2.58. The van der Waals surface area contributed by atoms with Gasteiger partial charge >= 0.3 is 0 Å². The van der Waals surface area contributed by atoms with Gasteiger partial charge in [-0.3, -0.25) is 0 Å². The molecule has 2 aromatic rings. The highest BCUT2D eigenvalue weighted by Crippen LogP contribution is 2.25. The van der Waals surface area contributed by atoms with Gasteiger partial charge in [-0.15, -0.1) is 0 Å². The smallest absolute Gasteiger partial charge is 0.124 e. The van der Waals surface area contributed by atoms with Gasteiger partial charge in [-0.2, -0.15) is 0 Å². The molecule has 0 atom stereocenters. The van der Waals surface area contributed by atoms with Crippen LogP contribution in [0, 0.1) is 0 Å². The minimum absolute atomic E-state index is 0.287. The second kappa shape index (κ2) is 10.8. The number of nitrogens with one attached hydrogen (secondary N) is 1. The van der Waals surface area contributed by atoms with E-state index in [4.69, 9.17) is 21.1 Å². The maximum absolute atomic E-state index is 6.20. The number of halogens is 2. The lowest BCUT2D eigenvalue weighted by atomic mass is 10.2. The summed E-state index contributed by atoms with van der Waals surface area (Å²) in [7, 11) is 0. The standard InChI is InChI=1S/C20H25BrClNO2/c1-15(2)24-11-5-10-23-13-17-12-18(21)8-9-20(17)25-14-16-6-3-4-7-19(16)22/h3-4,6-9,12,15,23H,5,10-11,13-14H2,1-2H3. The van der Waals surface area contributed by atoms with Crippen LogP contribution in [0.2, 0.25) is 5.02 Å². The highest BCUT2D eigenvalue weighted by Gasteiger charge is 2.07. The van der Waals surface area contributed by atoms with Crippen LogP contribution in [0.4, 0.5) is 0 Å². The van der Waals surface area contributed by atoms with E-state index in [1.165, 1.54) is 0 Å². The minimum atomic E-state index is 0.287. The third kappa shape index (κ3) is 7.37. The summed E-state index contributed by atoms with van der Waals surface area (Å²) >= 11 is 9.73. The van der Waals surface area contributed by atoms with Crippen LogP contribution >= 0.6 is 27.5 Å². The fraction of sp³-hybridized carbons (Fsp3) is 0.400. The summed E-state index contributed by atoms with van der Waals surface area (Å²) in [5, 5.41) is 4.17. The van der Waals surface area contributed by atoms with Crippen molar-refractivity contribution in [2.45, 2.75) is 39.5 Å². The van der Waals surface area contributed by atoms with Crippen molar-refractivity contribution in [3.05, 3.63) is 63.1 Å². The Kier molecular flexibility index (Phi) is 8.76. The number of hydrogen-bond acceptors (Lipinski definition) is 3. The number of rotatable bonds is 10. The minimum Gasteiger partial charge on any atom is -0.489 e. The molecule has 0 radical (unpaired) electrons. The summed E-state index contributed by atoms with van der Waals surface area (Å²) in [6.07, 6.45) is 1.28. The van der Waals surface area contributed by atoms with E-state index in [2.05, 4.69) is 41.2 Å². The predicted molar refractivity (Wildman–Crippen MR) is 107 cm³/mol. The zero-order chi connectivity index (χ0) is 18.1. The molecule has 25 heavy (non-hydrogen) atoms. The van der Waals surface area contributed by atoms with Crippen molar-refractivity contribution >= 4 is 27.5 Å². The van der Waals surface area contributed by atoms with Crippen LogP contribution in [-0.2, 0) is 17.9 Å². The van der Waals surface area contributed by atoms with Gasteiger partial charge in [0.15, 0.2) is 0 Å². The molecule has 5 heteroatoms. The van der Waals surface area contributed by atoms with E-state index in [9.17, 15) is 0 Å². The van der Waals surface area contributed by atoms with Crippen molar-refractivity contribution in [1.29, 1.82) is 0 Å². The third-order valence-corrected chi connectivity index (χ3v) is 4.49. The maximum atomic E-state index is 6.20. The molecule has 0 saturated heterocycles. The molecule has 0 spiro atoms. The van der Waals surface area contributed by atoms with E-state index in [-0.39, 0.29) is 6.10 Å². The summed E-state index contributed by atoms with van der Waals surface area (Å²) in [4.78, 5) is 0.